The third kappa shape index (κ3) is 5.00. The van der Waals surface area contributed by atoms with Gasteiger partial charge in [0.15, 0.2) is 0 Å². The van der Waals surface area contributed by atoms with E-state index in [9.17, 15) is 4.79 Å². The molecule has 148 valence electrons. The predicted molar refractivity (Wildman–Crippen MR) is 104 cm³/mol. The molecule has 0 radical (unpaired) electrons. The number of amides is 2. The fourth-order valence-electron chi connectivity index (χ4n) is 4.31. The molecule has 1 aromatic rings. The van der Waals surface area contributed by atoms with Crippen LogP contribution in [0.15, 0.2) is 30.3 Å². The van der Waals surface area contributed by atoms with E-state index in [-0.39, 0.29) is 12.1 Å². The molecule has 0 bridgehead atoms. The van der Waals surface area contributed by atoms with Crippen LogP contribution in [0.2, 0.25) is 0 Å². The first-order valence-electron chi connectivity index (χ1n) is 10.3. The molecule has 3 aliphatic rings. The van der Waals surface area contributed by atoms with Crippen LogP contribution in [0, 0.1) is 11.8 Å². The van der Waals surface area contributed by atoms with Crippen LogP contribution >= 0.6 is 0 Å². The molecule has 1 aromatic carbocycles. The van der Waals surface area contributed by atoms with Gasteiger partial charge in [-0.2, -0.15) is 0 Å². The van der Waals surface area contributed by atoms with Crippen molar-refractivity contribution in [3.8, 4) is 0 Å². The first-order chi connectivity index (χ1) is 13.3. The maximum absolute atomic E-state index is 12.7. The second kappa shape index (κ2) is 9.04. The topological polar surface area (TPSA) is 62.8 Å². The van der Waals surface area contributed by atoms with Crippen molar-refractivity contribution in [3.63, 3.8) is 0 Å². The lowest BCUT2D eigenvalue weighted by Gasteiger charge is -2.37. The first-order valence-corrected chi connectivity index (χ1v) is 10.3. The molecule has 1 aliphatic carbocycles. The van der Waals surface area contributed by atoms with Gasteiger partial charge in [0.2, 0.25) is 0 Å². The zero-order valence-electron chi connectivity index (χ0n) is 15.9. The number of benzene rings is 1. The van der Waals surface area contributed by atoms with Crippen LogP contribution in [-0.4, -0.2) is 63.0 Å². The number of nitrogens with zero attached hydrogens (tertiary/aromatic N) is 1. The van der Waals surface area contributed by atoms with E-state index < -0.39 is 0 Å². The molecule has 2 heterocycles. The normalized spacial score (nSPS) is 25.7. The number of nitrogens with one attached hydrogen (secondary N) is 2. The number of carbonyl (C=O) groups is 1. The van der Waals surface area contributed by atoms with Crippen LogP contribution < -0.4 is 10.6 Å². The lowest BCUT2D eigenvalue weighted by atomic mass is 9.97. The molecule has 2 saturated heterocycles. The van der Waals surface area contributed by atoms with Gasteiger partial charge in [0.25, 0.3) is 0 Å². The monoisotopic (exact) mass is 373 g/mol. The van der Waals surface area contributed by atoms with Gasteiger partial charge in [-0.1, -0.05) is 30.3 Å². The lowest BCUT2D eigenvalue weighted by molar-refractivity contribution is 0.00210. The molecule has 0 spiro atoms. The first kappa shape index (κ1) is 18.7. The molecule has 2 N–H and O–H groups in total. The number of morpholine rings is 1. The van der Waals surface area contributed by atoms with Gasteiger partial charge in [-0.15, -0.1) is 0 Å². The molecule has 0 aromatic heterocycles. The highest BCUT2D eigenvalue weighted by Gasteiger charge is 2.34. The van der Waals surface area contributed by atoms with Crippen LogP contribution in [0.5, 0.6) is 0 Å². The van der Waals surface area contributed by atoms with E-state index >= 15 is 0 Å². The van der Waals surface area contributed by atoms with Crippen molar-refractivity contribution in [2.75, 3.05) is 46.1 Å². The fourth-order valence-corrected chi connectivity index (χ4v) is 4.31. The summed E-state index contributed by atoms with van der Waals surface area (Å²) in [6, 6.07) is 10.7. The smallest absolute Gasteiger partial charge is 0.315 e. The van der Waals surface area contributed by atoms with Crippen molar-refractivity contribution in [1.82, 2.24) is 15.5 Å². The summed E-state index contributed by atoms with van der Waals surface area (Å²) in [5.41, 5.74) is 1.20. The Morgan fingerprint density at radius 3 is 2.48 bits per heavy atom. The van der Waals surface area contributed by atoms with Crippen molar-refractivity contribution >= 4 is 6.03 Å². The SMILES string of the molecule is O=C(NCC(C1CCOC1)N1CCOCC1)NC(c1ccccc1)C1CC1. The van der Waals surface area contributed by atoms with Crippen molar-refractivity contribution in [1.29, 1.82) is 0 Å². The van der Waals surface area contributed by atoms with Gasteiger partial charge in [-0.3, -0.25) is 4.90 Å². The van der Waals surface area contributed by atoms with Gasteiger partial charge in [-0.25, -0.2) is 4.79 Å². The Bertz CT molecular complexity index is 596. The fraction of sp³-hybridized carbons (Fsp3) is 0.667. The summed E-state index contributed by atoms with van der Waals surface area (Å²) < 4.78 is 11.1. The minimum Gasteiger partial charge on any atom is -0.381 e. The number of carbonyl (C=O) groups excluding carboxylic acids is 1. The van der Waals surface area contributed by atoms with Crippen molar-refractivity contribution in [2.45, 2.75) is 31.3 Å². The van der Waals surface area contributed by atoms with Crippen molar-refractivity contribution < 1.29 is 14.3 Å². The Kier molecular flexibility index (Phi) is 6.27. The van der Waals surface area contributed by atoms with E-state index in [1.165, 1.54) is 18.4 Å². The second-order valence-electron chi connectivity index (χ2n) is 7.92. The third-order valence-electron chi connectivity index (χ3n) is 6.03. The number of hydrogen-bond acceptors (Lipinski definition) is 4. The Morgan fingerprint density at radius 2 is 1.81 bits per heavy atom. The average Bonchev–Trinajstić information content (AvgIpc) is 3.42. The summed E-state index contributed by atoms with van der Waals surface area (Å²) in [5.74, 6) is 1.05. The highest BCUT2D eigenvalue weighted by molar-refractivity contribution is 5.74. The van der Waals surface area contributed by atoms with Gasteiger partial charge < -0.3 is 20.1 Å². The van der Waals surface area contributed by atoms with E-state index in [1.807, 2.05) is 18.2 Å². The number of ether oxygens (including phenoxy) is 2. The number of hydrogen-bond donors (Lipinski definition) is 2. The van der Waals surface area contributed by atoms with Crippen LogP contribution in [-0.2, 0) is 9.47 Å². The summed E-state index contributed by atoms with van der Waals surface area (Å²) in [5, 5.41) is 6.37. The number of rotatable bonds is 7. The Balaban J connectivity index is 1.34. The van der Waals surface area contributed by atoms with E-state index in [2.05, 4.69) is 27.7 Å². The molecule has 3 unspecified atom stereocenters. The zero-order valence-corrected chi connectivity index (χ0v) is 15.9. The molecule has 3 atom stereocenters. The molecule has 1 saturated carbocycles. The summed E-state index contributed by atoms with van der Waals surface area (Å²) in [4.78, 5) is 15.1. The van der Waals surface area contributed by atoms with Crippen LogP contribution in [0.4, 0.5) is 4.79 Å². The highest BCUT2D eigenvalue weighted by atomic mass is 16.5. The largest absolute Gasteiger partial charge is 0.381 e. The third-order valence-corrected chi connectivity index (χ3v) is 6.03. The molecular weight excluding hydrogens is 342 g/mol. The molecule has 27 heavy (non-hydrogen) atoms. The number of urea groups is 1. The lowest BCUT2D eigenvalue weighted by Crippen LogP contribution is -2.53. The molecule has 2 amide bonds. The van der Waals surface area contributed by atoms with E-state index in [0.29, 0.717) is 24.4 Å². The van der Waals surface area contributed by atoms with Gasteiger partial charge in [0.1, 0.15) is 0 Å². The van der Waals surface area contributed by atoms with Gasteiger partial charge in [-0.05, 0) is 30.7 Å². The Hall–Kier alpha value is -1.63. The Morgan fingerprint density at radius 1 is 1.04 bits per heavy atom. The maximum atomic E-state index is 12.7. The highest BCUT2D eigenvalue weighted by Crippen LogP contribution is 2.40. The second-order valence-corrected chi connectivity index (χ2v) is 7.92. The van der Waals surface area contributed by atoms with Crippen LogP contribution in [0.25, 0.3) is 0 Å². The van der Waals surface area contributed by atoms with E-state index in [1.54, 1.807) is 0 Å². The van der Waals surface area contributed by atoms with E-state index in [4.69, 9.17) is 9.47 Å². The summed E-state index contributed by atoms with van der Waals surface area (Å²) in [6.45, 7) is 5.68. The zero-order chi connectivity index (χ0) is 18.5. The van der Waals surface area contributed by atoms with Gasteiger partial charge in [0, 0.05) is 38.2 Å². The van der Waals surface area contributed by atoms with Gasteiger partial charge >= 0.3 is 6.03 Å². The van der Waals surface area contributed by atoms with Gasteiger partial charge in [0.05, 0.1) is 25.9 Å². The Labute approximate surface area is 161 Å². The van der Waals surface area contributed by atoms with Crippen molar-refractivity contribution in [2.24, 2.45) is 11.8 Å². The minimum absolute atomic E-state index is 0.0621. The summed E-state index contributed by atoms with van der Waals surface area (Å²) in [6.07, 6.45) is 3.45. The quantitative estimate of drug-likeness (QED) is 0.769. The van der Waals surface area contributed by atoms with Crippen molar-refractivity contribution in [3.05, 3.63) is 35.9 Å². The maximum Gasteiger partial charge on any atom is 0.315 e. The average molecular weight is 373 g/mol. The molecule has 4 rings (SSSR count). The summed E-state index contributed by atoms with van der Waals surface area (Å²) in [7, 11) is 0. The molecule has 2 aliphatic heterocycles. The van der Waals surface area contributed by atoms with Crippen LogP contribution in [0.3, 0.4) is 0 Å². The van der Waals surface area contributed by atoms with E-state index in [0.717, 1.165) is 45.9 Å². The standard InChI is InChI=1S/C21H31N3O3/c25-21(23-20(17-6-7-17)16-4-2-1-3-5-16)22-14-19(18-8-11-27-15-18)24-9-12-26-13-10-24/h1-5,17-20H,6-15H2,(H2,22,23,25). The molecule has 6 heteroatoms. The molecule has 3 fully saturated rings. The molecular formula is C21H31N3O3. The summed E-state index contributed by atoms with van der Waals surface area (Å²) >= 11 is 0. The predicted octanol–water partition coefficient (Wildman–Crippen LogP) is 2.17. The van der Waals surface area contributed by atoms with Crippen LogP contribution in [0.1, 0.15) is 30.9 Å². The molecule has 6 nitrogen and oxygen atoms in total. The minimum atomic E-state index is -0.0621.